The molecule has 0 aliphatic heterocycles. The maximum absolute atomic E-state index is 12.0. The molecule has 1 amide bonds. The molecular weight excluding hydrogens is 311 g/mol. The molecular formula is C15H20Cl2N2O2. The van der Waals surface area contributed by atoms with Crippen LogP contribution in [0.15, 0.2) is 18.2 Å². The summed E-state index contributed by atoms with van der Waals surface area (Å²) in [6.07, 6.45) is 4.27. The fourth-order valence-electron chi connectivity index (χ4n) is 2.72. The van der Waals surface area contributed by atoms with Gasteiger partial charge in [0.15, 0.2) is 0 Å². The second-order valence-corrected chi connectivity index (χ2v) is 6.17. The van der Waals surface area contributed by atoms with Crippen molar-refractivity contribution < 1.29 is 9.90 Å². The molecule has 116 valence electrons. The standard InChI is InChI=1S/C15H20Cl2N2O2/c16-11-5-3-6-12(17)15(11)19-14(21)8-18-13-7-2-1-4-10(13)9-20/h3,5-6,10,13,18,20H,1-2,4,7-9H2,(H,19,21). The first-order valence-corrected chi connectivity index (χ1v) is 7.95. The van der Waals surface area contributed by atoms with Crippen LogP contribution < -0.4 is 10.6 Å². The highest BCUT2D eigenvalue weighted by molar-refractivity contribution is 6.39. The second kappa shape index (κ2) is 7.99. The number of aliphatic hydroxyl groups is 1. The van der Waals surface area contributed by atoms with E-state index >= 15 is 0 Å². The Balaban J connectivity index is 1.87. The summed E-state index contributed by atoms with van der Waals surface area (Å²) in [6.45, 7) is 0.346. The van der Waals surface area contributed by atoms with Gasteiger partial charge in [-0.05, 0) is 30.9 Å². The Morgan fingerprint density at radius 3 is 2.57 bits per heavy atom. The Morgan fingerprint density at radius 1 is 1.24 bits per heavy atom. The van der Waals surface area contributed by atoms with Gasteiger partial charge in [-0.3, -0.25) is 4.79 Å². The Hall–Kier alpha value is -0.810. The van der Waals surface area contributed by atoms with Crippen LogP contribution in [0.2, 0.25) is 10.0 Å². The lowest BCUT2D eigenvalue weighted by atomic mass is 9.85. The molecule has 1 aliphatic carbocycles. The maximum atomic E-state index is 12.0. The first-order chi connectivity index (χ1) is 10.1. The summed E-state index contributed by atoms with van der Waals surface area (Å²) in [4.78, 5) is 12.0. The van der Waals surface area contributed by atoms with Crippen LogP contribution in [0.25, 0.3) is 0 Å². The molecule has 0 saturated heterocycles. The molecule has 0 radical (unpaired) electrons. The molecule has 1 saturated carbocycles. The topological polar surface area (TPSA) is 61.4 Å². The van der Waals surface area contributed by atoms with Crippen LogP contribution in [0.4, 0.5) is 5.69 Å². The quantitative estimate of drug-likeness (QED) is 0.777. The summed E-state index contributed by atoms with van der Waals surface area (Å²) in [5, 5.41) is 16.1. The Kier molecular flexibility index (Phi) is 6.30. The second-order valence-electron chi connectivity index (χ2n) is 5.36. The van der Waals surface area contributed by atoms with Crippen molar-refractivity contribution >= 4 is 34.8 Å². The molecule has 0 heterocycles. The largest absolute Gasteiger partial charge is 0.396 e. The van der Waals surface area contributed by atoms with E-state index in [4.69, 9.17) is 23.2 Å². The van der Waals surface area contributed by atoms with E-state index in [1.54, 1.807) is 18.2 Å². The van der Waals surface area contributed by atoms with Crippen LogP contribution >= 0.6 is 23.2 Å². The predicted molar refractivity (Wildman–Crippen MR) is 85.9 cm³/mol. The van der Waals surface area contributed by atoms with Crippen molar-refractivity contribution in [2.24, 2.45) is 5.92 Å². The van der Waals surface area contributed by atoms with Gasteiger partial charge in [0.25, 0.3) is 0 Å². The number of anilines is 1. The highest BCUT2D eigenvalue weighted by atomic mass is 35.5. The van der Waals surface area contributed by atoms with Gasteiger partial charge >= 0.3 is 0 Å². The Morgan fingerprint density at radius 2 is 1.90 bits per heavy atom. The smallest absolute Gasteiger partial charge is 0.238 e. The van der Waals surface area contributed by atoms with E-state index in [1.807, 2.05) is 0 Å². The number of halogens is 2. The van der Waals surface area contributed by atoms with E-state index in [2.05, 4.69) is 10.6 Å². The fraction of sp³-hybridized carbons (Fsp3) is 0.533. The molecule has 3 N–H and O–H groups in total. The van der Waals surface area contributed by atoms with Crippen molar-refractivity contribution in [3.8, 4) is 0 Å². The van der Waals surface area contributed by atoms with Gasteiger partial charge in [-0.25, -0.2) is 0 Å². The molecule has 1 aromatic rings. The summed E-state index contributed by atoms with van der Waals surface area (Å²) in [6, 6.07) is 5.28. The first-order valence-electron chi connectivity index (χ1n) is 7.20. The third kappa shape index (κ3) is 4.58. The zero-order valence-electron chi connectivity index (χ0n) is 11.7. The third-order valence-corrected chi connectivity index (χ3v) is 4.53. The zero-order chi connectivity index (χ0) is 15.2. The van der Waals surface area contributed by atoms with Crippen LogP contribution in [0, 0.1) is 5.92 Å². The van der Waals surface area contributed by atoms with Crippen molar-refractivity contribution in [2.75, 3.05) is 18.5 Å². The lowest BCUT2D eigenvalue weighted by molar-refractivity contribution is -0.115. The molecule has 1 aromatic carbocycles. The molecule has 0 aromatic heterocycles. The summed E-state index contributed by atoms with van der Waals surface area (Å²) in [5.41, 5.74) is 0.440. The Bertz CT molecular complexity index is 476. The van der Waals surface area contributed by atoms with E-state index in [9.17, 15) is 9.90 Å². The molecule has 1 fully saturated rings. The van der Waals surface area contributed by atoms with Crippen molar-refractivity contribution in [1.29, 1.82) is 0 Å². The number of benzene rings is 1. The number of para-hydroxylation sites is 1. The van der Waals surface area contributed by atoms with Crippen molar-refractivity contribution in [2.45, 2.75) is 31.7 Å². The lowest BCUT2D eigenvalue weighted by Gasteiger charge is -2.30. The van der Waals surface area contributed by atoms with Crippen LogP contribution in [0.1, 0.15) is 25.7 Å². The van der Waals surface area contributed by atoms with Gasteiger partial charge in [0.05, 0.1) is 22.3 Å². The highest BCUT2D eigenvalue weighted by Gasteiger charge is 2.24. The molecule has 0 spiro atoms. The molecule has 2 rings (SSSR count). The molecule has 1 aliphatic rings. The number of carbonyl (C=O) groups excluding carboxylic acids is 1. The minimum atomic E-state index is -0.188. The summed E-state index contributed by atoms with van der Waals surface area (Å²) in [5.74, 6) is 0.0442. The first kappa shape index (κ1) is 16.6. The molecule has 4 nitrogen and oxygen atoms in total. The van der Waals surface area contributed by atoms with Crippen LogP contribution in [0.3, 0.4) is 0 Å². The fourth-order valence-corrected chi connectivity index (χ4v) is 3.21. The average molecular weight is 331 g/mol. The third-order valence-electron chi connectivity index (χ3n) is 3.90. The zero-order valence-corrected chi connectivity index (χ0v) is 13.3. The normalized spacial score (nSPS) is 22.0. The van der Waals surface area contributed by atoms with Crippen LogP contribution in [-0.4, -0.2) is 30.2 Å². The lowest BCUT2D eigenvalue weighted by Crippen LogP contribution is -2.43. The van der Waals surface area contributed by atoms with Gasteiger partial charge in [0, 0.05) is 12.6 Å². The van der Waals surface area contributed by atoms with Gasteiger partial charge in [-0.2, -0.15) is 0 Å². The minimum absolute atomic E-state index is 0.162. The minimum Gasteiger partial charge on any atom is -0.396 e. The average Bonchev–Trinajstić information content (AvgIpc) is 2.49. The number of carbonyl (C=O) groups is 1. The van der Waals surface area contributed by atoms with Crippen molar-refractivity contribution in [3.63, 3.8) is 0 Å². The van der Waals surface area contributed by atoms with E-state index < -0.39 is 0 Å². The summed E-state index contributed by atoms with van der Waals surface area (Å²) < 4.78 is 0. The van der Waals surface area contributed by atoms with Gasteiger partial charge in [0.1, 0.15) is 0 Å². The summed E-state index contributed by atoms with van der Waals surface area (Å²) >= 11 is 12.0. The molecule has 0 bridgehead atoms. The molecule has 21 heavy (non-hydrogen) atoms. The number of hydrogen-bond donors (Lipinski definition) is 3. The summed E-state index contributed by atoms with van der Waals surface area (Å²) in [7, 11) is 0. The van der Waals surface area contributed by atoms with Gasteiger partial charge in [-0.15, -0.1) is 0 Å². The molecule has 6 heteroatoms. The predicted octanol–water partition coefficient (Wildman–Crippen LogP) is 3.07. The van der Waals surface area contributed by atoms with E-state index in [-0.39, 0.29) is 31.0 Å². The molecule has 2 unspecified atom stereocenters. The number of hydrogen-bond acceptors (Lipinski definition) is 3. The number of nitrogens with one attached hydrogen (secondary N) is 2. The number of aliphatic hydroxyl groups excluding tert-OH is 1. The maximum Gasteiger partial charge on any atom is 0.238 e. The molecule has 2 atom stereocenters. The van der Waals surface area contributed by atoms with E-state index in [0.717, 1.165) is 25.7 Å². The van der Waals surface area contributed by atoms with E-state index in [1.165, 1.54) is 0 Å². The van der Waals surface area contributed by atoms with Crippen molar-refractivity contribution in [1.82, 2.24) is 5.32 Å². The van der Waals surface area contributed by atoms with Crippen LogP contribution in [-0.2, 0) is 4.79 Å². The van der Waals surface area contributed by atoms with E-state index in [0.29, 0.717) is 15.7 Å². The van der Waals surface area contributed by atoms with Gasteiger partial charge in [0.2, 0.25) is 5.91 Å². The van der Waals surface area contributed by atoms with Crippen LogP contribution in [0.5, 0.6) is 0 Å². The van der Waals surface area contributed by atoms with Gasteiger partial charge in [-0.1, -0.05) is 42.1 Å². The number of amides is 1. The monoisotopic (exact) mass is 330 g/mol. The van der Waals surface area contributed by atoms with Gasteiger partial charge < -0.3 is 15.7 Å². The SMILES string of the molecule is O=C(CNC1CCCCC1CO)Nc1c(Cl)cccc1Cl. The highest BCUT2D eigenvalue weighted by Crippen LogP contribution is 2.29. The van der Waals surface area contributed by atoms with Crippen molar-refractivity contribution in [3.05, 3.63) is 28.2 Å². The Labute approximate surface area is 134 Å². The number of rotatable bonds is 5.